The molecule has 23 heavy (non-hydrogen) atoms. The third-order valence-corrected chi connectivity index (χ3v) is 3.28. The first-order valence-electron chi connectivity index (χ1n) is 7.47. The number of carbonyl (C=O) groups is 1. The zero-order valence-corrected chi connectivity index (χ0v) is 13.3. The number of hydrogen-bond acceptors (Lipinski definition) is 3. The smallest absolute Gasteiger partial charge is 0.336 e. The first kappa shape index (κ1) is 16.6. The summed E-state index contributed by atoms with van der Waals surface area (Å²) in [7, 11) is 1.57. The summed E-state index contributed by atoms with van der Waals surface area (Å²) < 4.78 is 10.9. The van der Waals surface area contributed by atoms with Crippen molar-refractivity contribution >= 4 is 17.6 Å². The zero-order valence-electron chi connectivity index (χ0n) is 13.3. The van der Waals surface area contributed by atoms with Gasteiger partial charge >= 0.3 is 5.97 Å². The molecule has 2 aromatic carbocycles. The topological polar surface area (TPSA) is 55.8 Å². The van der Waals surface area contributed by atoms with Crippen LogP contribution in [0, 0.1) is 0 Å². The van der Waals surface area contributed by atoms with Gasteiger partial charge < -0.3 is 14.6 Å². The summed E-state index contributed by atoms with van der Waals surface area (Å²) >= 11 is 0. The third-order valence-electron chi connectivity index (χ3n) is 3.28. The van der Waals surface area contributed by atoms with Crippen molar-refractivity contribution in [2.45, 2.75) is 13.3 Å². The second kappa shape index (κ2) is 8.03. The average Bonchev–Trinajstić information content (AvgIpc) is 2.58. The van der Waals surface area contributed by atoms with Gasteiger partial charge in [-0.15, -0.1) is 0 Å². The summed E-state index contributed by atoms with van der Waals surface area (Å²) in [5.74, 6) is 0.273. The van der Waals surface area contributed by atoms with Crippen molar-refractivity contribution in [1.82, 2.24) is 0 Å². The first-order valence-corrected chi connectivity index (χ1v) is 7.47. The van der Waals surface area contributed by atoms with E-state index >= 15 is 0 Å². The number of carboxylic acids is 1. The van der Waals surface area contributed by atoms with Gasteiger partial charge in [-0.3, -0.25) is 0 Å². The van der Waals surface area contributed by atoms with E-state index in [2.05, 4.69) is 0 Å². The zero-order chi connectivity index (χ0) is 16.7. The van der Waals surface area contributed by atoms with Gasteiger partial charge in [-0.25, -0.2) is 4.79 Å². The lowest BCUT2D eigenvalue weighted by Crippen LogP contribution is -2.00. The first-order chi connectivity index (χ1) is 11.2. The van der Waals surface area contributed by atoms with Crippen LogP contribution in [-0.2, 0) is 4.79 Å². The quantitative estimate of drug-likeness (QED) is 0.617. The molecule has 4 nitrogen and oxygen atoms in total. The average molecular weight is 312 g/mol. The molecule has 0 heterocycles. The van der Waals surface area contributed by atoms with Crippen molar-refractivity contribution in [3.8, 4) is 11.5 Å². The summed E-state index contributed by atoms with van der Waals surface area (Å²) in [6.45, 7) is 2.64. The Morgan fingerprint density at radius 3 is 2.48 bits per heavy atom. The Labute approximate surface area is 136 Å². The van der Waals surface area contributed by atoms with Crippen LogP contribution in [0.25, 0.3) is 11.6 Å². The minimum atomic E-state index is -0.971. The van der Waals surface area contributed by atoms with Crippen LogP contribution in [0.2, 0.25) is 0 Å². The SMILES string of the molecule is CCCOc1ccc(/C=C(\C(=O)O)c2ccccc2)cc1OC. The van der Waals surface area contributed by atoms with Gasteiger partial charge in [0.1, 0.15) is 0 Å². The third kappa shape index (κ3) is 4.36. The molecule has 0 saturated carbocycles. The molecular formula is C19H20O4. The van der Waals surface area contributed by atoms with Gasteiger partial charge in [-0.05, 0) is 35.8 Å². The second-order valence-electron chi connectivity index (χ2n) is 4.99. The molecule has 2 rings (SSSR count). The number of ether oxygens (including phenoxy) is 2. The predicted molar refractivity (Wildman–Crippen MR) is 90.7 cm³/mol. The Bertz CT molecular complexity index is 690. The van der Waals surface area contributed by atoms with E-state index in [-0.39, 0.29) is 5.57 Å². The van der Waals surface area contributed by atoms with Crippen molar-refractivity contribution < 1.29 is 19.4 Å². The highest BCUT2D eigenvalue weighted by molar-refractivity contribution is 6.20. The lowest BCUT2D eigenvalue weighted by atomic mass is 10.0. The molecule has 0 radical (unpaired) electrons. The van der Waals surface area contributed by atoms with Crippen LogP contribution in [0.15, 0.2) is 48.5 Å². The monoisotopic (exact) mass is 312 g/mol. The number of benzene rings is 2. The highest BCUT2D eigenvalue weighted by atomic mass is 16.5. The molecule has 0 aromatic heterocycles. The van der Waals surface area contributed by atoms with Crippen LogP contribution in [0.5, 0.6) is 11.5 Å². The lowest BCUT2D eigenvalue weighted by Gasteiger charge is -2.11. The largest absolute Gasteiger partial charge is 0.493 e. The molecule has 0 fully saturated rings. The minimum Gasteiger partial charge on any atom is -0.493 e. The minimum absolute atomic E-state index is 0.231. The molecule has 0 aliphatic rings. The number of methoxy groups -OCH3 is 1. The Hall–Kier alpha value is -2.75. The molecule has 0 unspecified atom stereocenters. The van der Waals surface area contributed by atoms with Gasteiger partial charge in [0.2, 0.25) is 0 Å². The maximum atomic E-state index is 11.5. The van der Waals surface area contributed by atoms with Crippen molar-refractivity contribution in [2.24, 2.45) is 0 Å². The van der Waals surface area contributed by atoms with E-state index in [1.807, 2.05) is 31.2 Å². The van der Waals surface area contributed by atoms with Gasteiger partial charge in [-0.1, -0.05) is 43.3 Å². The maximum absolute atomic E-state index is 11.5. The summed E-state index contributed by atoms with van der Waals surface area (Å²) in [6, 6.07) is 14.4. The van der Waals surface area contributed by atoms with Gasteiger partial charge in [0.25, 0.3) is 0 Å². The Morgan fingerprint density at radius 2 is 1.87 bits per heavy atom. The fraction of sp³-hybridized carbons (Fsp3) is 0.211. The fourth-order valence-corrected chi connectivity index (χ4v) is 2.16. The van der Waals surface area contributed by atoms with Crippen LogP contribution in [0.1, 0.15) is 24.5 Å². The van der Waals surface area contributed by atoms with E-state index in [4.69, 9.17) is 9.47 Å². The van der Waals surface area contributed by atoms with Crippen LogP contribution >= 0.6 is 0 Å². The predicted octanol–water partition coefficient (Wildman–Crippen LogP) is 4.11. The molecule has 0 atom stereocenters. The number of rotatable bonds is 7. The summed E-state index contributed by atoms with van der Waals surface area (Å²) in [4.78, 5) is 11.5. The standard InChI is InChI=1S/C19H20O4/c1-3-11-23-17-10-9-14(13-18(17)22-2)12-16(19(20)21)15-7-5-4-6-8-15/h4-10,12-13H,3,11H2,1-2H3,(H,20,21)/b16-12-. The van der Waals surface area contributed by atoms with Crippen molar-refractivity contribution in [3.05, 3.63) is 59.7 Å². The highest BCUT2D eigenvalue weighted by Crippen LogP contribution is 2.30. The van der Waals surface area contributed by atoms with E-state index < -0.39 is 5.97 Å². The van der Waals surface area contributed by atoms with Crippen LogP contribution in [0.4, 0.5) is 0 Å². The van der Waals surface area contributed by atoms with E-state index in [1.54, 1.807) is 37.5 Å². The Morgan fingerprint density at radius 1 is 1.13 bits per heavy atom. The number of aliphatic carboxylic acids is 1. The fourth-order valence-electron chi connectivity index (χ4n) is 2.16. The molecule has 1 N–H and O–H groups in total. The normalized spacial score (nSPS) is 11.1. The van der Waals surface area contributed by atoms with Crippen LogP contribution < -0.4 is 9.47 Å². The molecule has 2 aromatic rings. The van der Waals surface area contributed by atoms with Crippen molar-refractivity contribution in [3.63, 3.8) is 0 Å². The van der Waals surface area contributed by atoms with Crippen LogP contribution in [0.3, 0.4) is 0 Å². The summed E-state index contributed by atoms with van der Waals surface area (Å²) in [5, 5.41) is 9.46. The molecule has 0 aliphatic heterocycles. The second-order valence-corrected chi connectivity index (χ2v) is 4.99. The van der Waals surface area contributed by atoms with Gasteiger partial charge in [0.05, 0.1) is 19.3 Å². The molecule has 4 heteroatoms. The Balaban J connectivity index is 2.38. The van der Waals surface area contributed by atoms with Gasteiger partial charge in [0.15, 0.2) is 11.5 Å². The molecule has 0 aliphatic carbocycles. The molecule has 0 bridgehead atoms. The molecule has 120 valence electrons. The van der Waals surface area contributed by atoms with E-state index in [0.717, 1.165) is 12.0 Å². The van der Waals surface area contributed by atoms with E-state index in [9.17, 15) is 9.90 Å². The van der Waals surface area contributed by atoms with Crippen molar-refractivity contribution in [1.29, 1.82) is 0 Å². The van der Waals surface area contributed by atoms with Crippen molar-refractivity contribution in [2.75, 3.05) is 13.7 Å². The summed E-state index contributed by atoms with van der Waals surface area (Å²) in [5.41, 5.74) is 1.63. The number of hydrogen-bond donors (Lipinski definition) is 1. The number of carboxylic acid groups (broad SMARTS) is 1. The summed E-state index contributed by atoms with van der Waals surface area (Å²) in [6.07, 6.45) is 2.53. The van der Waals surface area contributed by atoms with E-state index in [0.29, 0.717) is 23.7 Å². The van der Waals surface area contributed by atoms with Crippen LogP contribution in [-0.4, -0.2) is 24.8 Å². The molecule has 0 saturated heterocycles. The maximum Gasteiger partial charge on any atom is 0.336 e. The molecule has 0 amide bonds. The highest BCUT2D eigenvalue weighted by Gasteiger charge is 2.11. The Kier molecular flexibility index (Phi) is 5.80. The lowest BCUT2D eigenvalue weighted by molar-refractivity contribution is -0.130. The van der Waals surface area contributed by atoms with Gasteiger partial charge in [-0.2, -0.15) is 0 Å². The molecular weight excluding hydrogens is 292 g/mol. The van der Waals surface area contributed by atoms with Gasteiger partial charge in [0, 0.05) is 0 Å². The van der Waals surface area contributed by atoms with E-state index in [1.165, 1.54) is 0 Å². The molecule has 0 spiro atoms.